The molecule has 2 aromatic rings. The van der Waals surface area contributed by atoms with Crippen LogP contribution in [0, 0.1) is 30.3 Å². The highest BCUT2D eigenvalue weighted by molar-refractivity contribution is 5.77. The molecule has 0 atom stereocenters. The molecule has 1 aromatic carbocycles. The van der Waals surface area contributed by atoms with Crippen LogP contribution in [0.4, 0.5) is 18.9 Å². The molecule has 0 spiro atoms. The van der Waals surface area contributed by atoms with Crippen molar-refractivity contribution >= 4 is 11.6 Å². The molecular weight excluding hydrogens is 371 g/mol. The average Bonchev–Trinajstić information content (AvgIpc) is 3.09. The summed E-state index contributed by atoms with van der Waals surface area (Å²) in [5.74, 6) is -2.59. The first kappa shape index (κ1) is 18.6. The molecule has 1 saturated heterocycles. The second-order valence-corrected chi connectivity index (χ2v) is 7.53. The van der Waals surface area contributed by atoms with Gasteiger partial charge >= 0.3 is 0 Å². The van der Waals surface area contributed by atoms with Gasteiger partial charge in [0.15, 0.2) is 17.5 Å². The summed E-state index contributed by atoms with van der Waals surface area (Å²) in [6, 6.07) is 4.05. The van der Waals surface area contributed by atoms with Gasteiger partial charge in [-0.1, -0.05) is 6.07 Å². The van der Waals surface area contributed by atoms with Crippen molar-refractivity contribution in [2.24, 2.45) is 13.0 Å². The first-order valence-electron chi connectivity index (χ1n) is 9.11. The lowest BCUT2D eigenvalue weighted by molar-refractivity contribution is -0.133. The van der Waals surface area contributed by atoms with Crippen LogP contribution >= 0.6 is 0 Å². The number of hydrogen-bond donors (Lipinski definition) is 0. The topological polar surface area (TPSA) is 45.6 Å². The van der Waals surface area contributed by atoms with E-state index < -0.39 is 23.0 Å². The summed E-state index contributed by atoms with van der Waals surface area (Å²) in [5.41, 5.74) is 1.17. The van der Waals surface area contributed by atoms with Crippen LogP contribution in [0.3, 0.4) is 0 Å². The molecule has 148 valence electrons. The molecule has 0 aliphatic carbocycles. The molecule has 1 amide bonds. The lowest BCUT2D eigenvalue weighted by Gasteiger charge is -2.41. The number of rotatable bonds is 3. The molecule has 0 saturated carbocycles. The summed E-state index contributed by atoms with van der Waals surface area (Å²) in [4.78, 5) is 27.9. The van der Waals surface area contributed by atoms with E-state index >= 15 is 0 Å². The number of nitrogens with zero attached hydrogens (tertiary/aromatic N) is 3. The monoisotopic (exact) mass is 391 g/mol. The van der Waals surface area contributed by atoms with Crippen molar-refractivity contribution in [3.05, 3.63) is 62.8 Å². The van der Waals surface area contributed by atoms with Gasteiger partial charge in [0.25, 0.3) is 5.56 Å². The molecule has 0 radical (unpaired) electrons. The predicted molar refractivity (Wildman–Crippen MR) is 97.3 cm³/mol. The van der Waals surface area contributed by atoms with Crippen LogP contribution in [-0.4, -0.2) is 28.5 Å². The molecule has 4 rings (SSSR count). The fourth-order valence-corrected chi connectivity index (χ4v) is 4.01. The Kier molecular flexibility index (Phi) is 4.44. The van der Waals surface area contributed by atoms with Crippen molar-refractivity contribution in [3.63, 3.8) is 0 Å². The van der Waals surface area contributed by atoms with Crippen LogP contribution in [0.25, 0.3) is 0 Å². The van der Waals surface area contributed by atoms with Crippen molar-refractivity contribution in [1.82, 2.24) is 9.47 Å². The Morgan fingerprint density at radius 2 is 1.86 bits per heavy atom. The number of anilines is 1. The van der Waals surface area contributed by atoms with E-state index in [-0.39, 0.29) is 37.0 Å². The number of aromatic nitrogens is 1. The van der Waals surface area contributed by atoms with Gasteiger partial charge in [0, 0.05) is 44.7 Å². The third kappa shape index (κ3) is 2.87. The maximum Gasteiger partial charge on any atom is 0.286 e. The van der Waals surface area contributed by atoms with Crippen LogP contribution in [-0.2, 0) is 24.9 Å². The lowest BCUT2D eigenvalue weighted by atomic mass is 9.94. The van der Waals surface area contributed by atoms with Gasteiger partial charge in [-0.25, -0.2) is 13.2 Å². The third-order valence-electron chi connectivity index (χ3n) is 5.76. The van der Waals surface area contributed by atoms with Crippen LogP contribution in [0.5, 0.6) is 0 Å². The summed E-state index contributed by atoms with van der Waals surface area (Å²) in [6.07, 6.45) is 0.275. The van der Waals surface area contributed by atoms with Gasteiger partial charge in [-0.3, -0.25) is 9.59 Å². The number of carbonyl (C=O) groups excluding carboxylic acids is 1. The maximum atomic E-state index is 14.0. The Bertz CT molecular complexity index is 1030. The number of halogens is 3. The highest BCUT2D eigenvalue weighted by Gasteiger charge is 2.34. The van der Waals surface area contributed by atoms with Gasteiger partial charge in [0.2, 0.25) is 5.91 Å². The Morgan fingerprint density at radius 1 is 1.14 bits per heavy atom. The quantitative estimate of drug-likeness (QED) is 0.808. The number of pyridine rings is 1. The highest BCUT2D eigenvalue weighted by atomic mass is 19.2. The van der Waals surface area contributed by atoms with E-state index in [0.29, 0.717) is 29.9 Å². The maximum absolute atomic E-state index is 14.0. The minimum atomic E-state index is -0.889. The summed E-state index contributed by atoms with van der Waals surface area (Å²) < 4.78 is 42.5. The molecule has 2 aliphatic rings. The Morgan fingerprint density at radius 3 is 2.57 bits per heavy atom. The molecule has 2 aliphatic heterocycles. The number of carbonyl (C=O) groups is 1. The van der Waals surface area contributed by atoms with Gasteiger partial charge in [-0.15, -0.1) is 0 Å². The molecule has 1 fully saturated rings. The molecule has 8 heteroatoms. The smallest absolute Gasteiger partial charge is 0.286 e. The molecular formula is C20H20F3N3O2. The number of amides is 1. The minimum absolute atomic E-state index is 0.0422. The molecule has 28 heavy (non-hydrogen) atoms. The van der Waals surface area contributed by atoms with Crippen molar-refractivity contribution in [3.8, 4) is 0 Å². The fraction of sp³-hybridized carbons (Fsp3) is 0.400. The van der Waals surface area contributed by atoms with E-state index in [4.69, 9.17) is 0 Å². The molecule has 0 bridgehead atoms. The van der Waals surface area contributed by atoms with Gasteiger partial charge < -0.3 is 14.4 Å². The fourth-order valence-electron chi connectivity index (χ4n) is 4.01. The van der Waals surface area contributed by atoms with Gasteiger partial charge in [0.05, 0.1) is 12.2 Å². The van der Waals surface area contributed by atoms with Crippen LogP contribution in [0.1, 0.15) is 23.2 Å². The number of hydrogen-bond acceptors (Lipinski definition) is 3. The summed E-state index contributed by atoms with van der Waals surface area (Å²) in [6.45, 7) is 3.05. The van der Waals surface area contributed by atoms with E-state index in [1.807, 2.05) is 0 Å². The second kappa shape index (κ2) is 6.68. The van der Waals surface area contributed by atoms with Crippen LogP contribution in [0.15, 0.2) is 23.0 Å². The van der Waals surface area contributed by atoms with E-state index in [1.165, 1.54) is 23.7 Å². The van der Waals surface area contributed by atoms with E-state index in [9.17, 15) is 22.8 Å². The molecule has 0 unspecified atom stereocenters. The molecule has 1 aromatic heterocycles. The summed E-state index contributed by atoms with van der Waals surface area (Å²) >= 11 is 0. The zero-order chi connectivity index (χ0) is 20.2. The molecule has 5 nitrogen and oxygen atoms in total. The van der Waals surface area contributed by atoms with Gasteiger partial charge in [0.1, 0.15) is 0 Å². The third-order valence-corrected chi connectivity index (χ3v) is 5.76. The van der Waals surface area contributed by atoms with Crippen molar-refractivity contribution in [2.75, 3.05) is 18.0 Å². The van der Waals surface area contributed by atoms with Crippen molar-refractivity contribution in [1.29, 1.82) is 0 Å². The zero-order valence-corrected chi connectivity index (χ0v) is 15.6. The highest BCUT2D eigenvalue weighted by Crippen LogP contribution is 2.31. The Hall–Kier alpha value is -2.77. The first-order valence-corrected chi connectivity index (χ1v) is 9.11. The minimum Gasteiger partial charge on any atom is -0.368 e. The van der Waals surface area contributed by atoms with Crippen LogP contribution < -0.4 is 10.5 Å². The summed E-state index contributed by atoms with van der Waals surface area (Å²) in [7, 11) is 1.51. The Labute approximate surface area is 160 Å². The molecule has 3 heterocycles. The number of fused-ring (bicyclic) bond motifs is 1. The zero-order valence-electron chi connectivity index (χ0n) is 15.6. The summed E-state index contributed by atoms with van der Waals surface area (Å²) in [5, 5.41) is 0. The standard InChI is InChI=1S/C20H20F3N3O2/c1-11-13-9-26(10-16(13)24(2)20(28)18(11)22)17(27)6-12-7-25(8-12)15-5-3-4-14(21)19(15)23/h3-5,12H,6-10H2,1-2H3. The number of benzene rings is 1. The lowest BCUT2D eigenvalue weighted by Crippen LogP contribution is -2.49. The van der Waals surface area contributed by atoms with E-state index in [0.717, 1.165) is 6.07 Å². The molecule has 0 N–H and O–H groups in total. The average molecular weight is 391 g/mol. The Balaban J connectivity index is 1.40. The van der Waals surface area contributed by atoms with E-state index in [1.54, 1.807) is 16.7 Å². The second-order valence-electron chi connectivity index (χ2n) is 7.53. The van der Waals surface area contributed by atoms with Crippen molar-refractivity contribution < 1.29 is 18.0 Å². The van der Waals surface area contributed by atoms with Crippen LogP contribution in [0.2, 0.25) is 0 Å². The van der Waals surface area contributed by atoms with E-state index in [2.05, 4.69) is 0 Å². The normalized spacial score (nSPS) is 16.3. The van der Waals surface area contributed by atoms with Crippen molar-refractivity contribution in [2.45, 2.75) is 26.4 Å². The van der Waals surface area contributed by atoms with Gasteiger partial charge in [-0.2, -0.15) is 0 Å². The first-order chi connectivity index (χ1) is 13.3. The predicted octanol–water partition coefficient (Wildman–Crippen LogP) is 2.48. The van der Waals surface area contributed by atoms with Gasteiger partial charge in [-0.05, 0) is 30.2 Å². The largest absolute Gasteiger partial charge is 0.368 e. The SMILES string of the molecule is Cc1c2c(n(C)c(=O)c1F)CN(C(=O)CC1CN(c3cccc(F)c3F)C1)C2.